The Kier molecular flexibility index (Phi) is 7.57. The number of amides is 1. The Hall–Kier alpha value is -3.00. The number of hydrogen-bond donors (Lipinski definition) is 1. The fourth-order valence-corrected chi connectivity index (χ4v) is 8.18. The molecule has 1 aromatic heterocycles. The lowest BCUT2D eigenvalue weighted by molar-refractivity contribution is -0.127. The minimum Gasteiger partial charge on any atom is -0.444 e. The van der Waals surface area contributed by atoms with Crippen molar-refractivity contribution in [3.8, 4) is 17.3 Å². The largest absolute Gasteiger partial charge is 0.444 e. The van der Waals surface area contributed by atoms with Crippen molar-refractivity contribution in [1.82, 2.24) is 10.3 Å². The Balaban J connectivity index is 1.33. The van der Waals surface area contributed by atoms with Crippen molar-refractivity contribution in [1.29, 1.82) is 5.26 Å². The van der Waals surface area contributed by atoms with Gasteiger partial charge in [0.2, 0.25) is 11.8 Å². The normalized spacial score (nSPS) is 29.8. The summed E-state index contributed by atoms with van der Waals surface area (Å²) in [6.07, 6.45) is 4.41. The summed E-state index contributed by atoms with van der Waals surface area (Å²) in [6.45, 7) is 2.70. The van der Waals surface area contributed by atoms with Crippen LogP contribution in [0, 0.1) is 23.2 Å². The number of alkyl halides is 2. The molecule has 1 amide bonds. The van der Waals surface area contributed by atoms with Gasteiger partial charge in [0.05, 0.1) is 17.6 Å². The lowest BCUT2D eigenvalue weighted by Gasteiger charge is -2.32. The number of rotatable bonds is 6. The van der Waals surface area contributed by atoms with Crippen LogP contribution in [0.4, 0.5) is 14.5 Å². The third-order valence-corrected chi connectivity index (χ3v) is 11.3. The van der Waals surface area contributed by atoms with Gasteiger partial charge in [-0.3, -0.25) is 4.79 Å². The van der Waals surface area contributed by atoms with Gasteiger partial charge in [-0.2, -0.15) is 5.26 Å². The number of nitrogens with zero attached hydrogens (tertiary/aromatic N) is 3. The first-order valence-corrected chi connectivity index (χ1v) is 17.0. The summed E-state index contributed by atoms with van der Waals surface area (Å²) in [6, 6.07) is 10.0. The van der Waals surface area contributed by atoms with Gasteiger partial charge < -0.3 is 14.6 Å². The molecule has 4 atom stereocenters. The Morgan fingerprint density at radius 1 is 1.07 bits per heavy atom. The van der Waals surface area contributed by atoms with Crippen molar-refractivity contribution in [2.24, 2.45) is 11.8 Å². The number of nitriles is 1. The van der Waals surface area contributed by atoms with E-state index in [1.165, 1.54) is 0 Å². The van der Waals surface area contributed by atoms with Crippen LogP contribution in [0.15, 0.2) is 28.7 Å². The van der Waals surface area contributed by atoms with Crippen LogP contribution in [0.3, 0.4) is 0 Å². The van der Waals surface area contributed by atoms with Gasteiger partial charge in [-0.15, -0.1) is 0 Å². The number of aromatic nitrogens is 1. The first-order chi connectivity index (χ1) is 20.0. The van der Waals surface area contributed by atoms with E-state index in [9.17, 15) is 27.3 Å². The zero-order valence-corrected chi connectivity index (χ0v) is 24.8. The van der Waals surface area contributed by atoms with Gasteiger partial charge in [0.1, 0.15) is 17.0 Å². The molecule has 4 fully saturated rings. The highest BCUT2D eigenvalue weighted by atomic mass is 32.2. The fraction of sp³-hybridized carbons (Fsp3) is 0.645. The van der Waals surface area contributed by atoms with Gasteiger partial charge in [0, 0.05) is 54.9 Å². The summed E-state index contributed by atoms with van der Waals surface area (Å²) in [4.78, 5) is 20.5. The molecule has 0 spiro atoms. The highest BCUT2D eigenvalue weighted by Gasteiger charge is 2.48. The molecule has 0 unspecified atom stereocenters. The van der Waals surface area contributed by atoms with E-state index < -0.39 is 21.3 Å². The summed E-state index contributed by atoms with van der Waals surface area (Å²) in [7, 11) is -3.00. The maximum absolute atomic E-state index is 14.2. The monoisotopic (exact) mass is 600 g/mol. The van der Waals surface area contributed by atoms with Crippen molar-refractivity contribution < 1.29 is 26.4 Å². The third kappa shape index (κ3) is 5.92. The van der Waals surface area contributed by atoms with Gasteiger partial charge in [-0.25, -0.2) is 22.2 Å². The highest BCUT2D eigenvalue weighted by Crippen LogP contribution is 2.48. The van der Waals surface area contributed by atoms with Crippen LogP contribution < -0.4 is 10.2 Å². The predicted molar refractivity (Wildman–Crippen MR) is 154 cm³/mol. The number of sulfone groups is 1. The van der Waals surface area contributed by atoms with E-state index in [0.717, 1.165) is 30.5 Å². The maximum atomic E-state index is 14.2. The summed E-state index contributed by atoms with van der Waals surface area (Å²) in [5.41, 5.74) is 1.60. The average molecular weight is 601 g/mol. The zero-order valence-electron chi connectivity index (χ0n) is 24.0. The zero-order chi connectivity index (χ0) is 29.7. The Bertz CT molecular complexity index is 1470. The molecule has 1 saturated heterocycles. The van der Waals surface area contributed by atoms with E-state index >= 15 is 0 Å². The van der Waals surface area contributed by atoms with Gasteiger partial charge in [-0.05, 0) is 50.2 Å². The number of anilines is 1. The molecule has 0 radical (unpaired) electrons. The van der Waals surface area contributed by atoms with Gasteiger partial charge in [-0.1, -0.05) is 31.9 Å². The minimum absolute atomic E-state index is 0.127. The standard InChI is InChI=1S/C31H38F2N4O4S/c1-20-18-31(32,33)11-10-23(20)29-35-26(21-6-8-22(9-7-21)37-14-16-42(39,40)17-15-37)27(41-29)24-4-2-3-5-25(24)28(38)36-30(19-34)12-13-30/h6-9,20,23-25H,2-5,10-18H2,1H3,(H,36,38)/t20-,23+,24-,25-/m1/s1. The molecule has 226 valence electrons. The molecule has 3 aliphatic carbocycles. The highest BCUT2D eigenvalue weighted by molar-refractivity contribution is 7.91. The molecule has 6 rings (SSSR count). The summed E-state index contributed by atoms with van der Waals surface area (Å²) < 4.78 is 58.6. The number of carbonyl (C=O) groups is 1. The first kappa shape index (κ1) is 29.1. The SMILES string of the molecule is C[C@@H]1CC(F)(F)CC[C@@H]1c1nc(-c2ccc(N3CCS(=O)(=O)CC3)cc2)c([C@@H]2CCCC[C@H]2C(=O)NC2(C#N)CC2)o1. The molecule has 0 bridgehead atoms. The van der Waals surface area contributed by atoms with E-state index in [4.69, 9.17) is 9.40 Å². The lowest BCUT2D eigenvalue weighted by atomic mass is 9.76. The summed E-state index contributed by atoms with van der Waals surface area (Å²) >= 11 is 0. The van der Waals surface area contributed by atoms with Crippen LogP contribution in [0.2, 0.25) is 0 Å². The van der Waals surface area contributed by atoms with E-state index in [0.29, 0.717) is 49.7 Å². The molecular weight excluding hydrogens is 562 g/mol. The molecule has 8 nitrogen and oxygen atoms in total. The second-order valence-corrected chi connectivity index (χ2v) is 15.1. The van der Waals surface area contributed by atoms with E-state index in [1.54, 1.807) is 0 Å². The second-order valence-electron chi connectivity index (χ2n) is 12.8. The topological polar surface area (TPSA) is 116 Å². The number of benzene rings is 1. The van der Waals surface area contributed by atoms with E-state index in [2.05, 4.69) is 11.4 Å². The summed E-state index contributed by atoms with van der Waals surface area (Å²) in [5.74, 6) is -2.65. The Morgan fingerprint density at radius 2 is 1.76 bits per heavy atom. The maximum Gasteiger partial charge on any atom is 0.248 e. The number of halogens is 2. The van der Waals surface area contributed by atoms with Crippen LogP contribution in [0.5, 0.6) is 0 Å². The first-order valence-electron chi connectivity index (χ1n) is 15.2. The van der Waals surface area contributed by atoms with E-state index in [-0.39, 0.29) is 60.3 Å². The molecule has 42 heavy (non-hydrogen) atoms. The number of carbonyl (C=O) groups excluding carboxylic acids is 1. The van der Waals surface area contributed by atoms with Crippen molar-refractivity contribution >= 4 is 21.4 Å². The van der Waals surface area contributed by atoms with Crippen LogP contribution >= 0.6 is 0 Å². The quantitative estimate of drug-likeness (QED) is 0.461. The molecule has 2 heterocycles. The lowest BCUT2D eigenvalue weighted by Crippen LogP contribution is -2.42. The van der Waals surface area contributed by atoms with Crippen LogP contribution in [0.1, 0.15) is 88.2 Å². The molecule has 4 aliphatic rings. The van der Waals surface area contributed by atoms with Crippen molar-refractivity contribution in [3.05, 3.63) is 35.9 Å². The molecule has 1 aromatic carbocycles. The Morgan fingerprint density at radius 3 is 2.40 bits per heavy atom. The van der Waals surface area contributed by atoms with Crippen LogP contribution in [-0.4, -0.2) is 55.4 Å². The van der Waals surface area contributed by atoms with Gasteiger partial charge in [0.15, 0.2) is 15.7 Å². The average Bonchev–Trinajstić information content (AvgIpc) is 3.60. The molecule has 2 aromatic rings. The van der Waals surface area contributed by atoms with Crippen molar-refractivity contribution in [2.45, 2.75) is 88.0 Å². The van der Waals surface area contributed by atoms with Crippen LogP contribution in [-0.2, 0) is 14.6 Å². The van der Waals surface area contributed by atoms with Crippen molar-refractivity contribution in [3.63, 3.8) is 0 Å². The number of nitrogens with one attached hydrogen (secondary N) is 1. The second kappa shape index (κ2) is 10.9. The molecule has 1 aliphatic heterocycles. The predicted octanol–water partition coefficient (Wildman–Crippen LogP) is 5.56. The van der Waals surface area contributed by atoms with E-state index in [1.807, 2.05) is 36.1 Å². The number of oxazole rings is 1. The molecule has 11 heteroatoms. The van der Waals surface area contributed by atoms with Crippen LogP contribution in [0.25, 0.3) is 11.3 Å². The minimum atomic E-state index is -3.00. The summed E-state index contributed by atoms with van der Waals surface area (Å²) in [5, 5.41) is 12.5. The van der Waals surface area contributed by atoms with Crippen molar-refractivity contribution in [2.75, 3.05) is 29.5 Å². The Labute approximate surface area is 245 Å². The molecule has 1 N–H and O–H groups in total. The smallest absolute Gasteiger partial charge is 0.248 e. The number of hydrogen-bond acceptors (Lipinski definition) is 7. The van der Waals surface area contributed by atoms with Gasteiger partial charge in [0.25, 0.3) is 0 Å². The molecule has 3 saturated carbocycles. The fourth-order valence-electron chi connectivity index (χ4n) is 6.98. The van der Waals surface area contributed by atoms with Gasteiger partial charge >= 0.3 is 0 Å². The molecular formula is C31H38F2N4O4S. The third-order valence-electron chi connectivity index (χ3n) is 9.73.